The lowest BCUT2D eigenvalue weighted by molar-refractivity contribution is -0.0180. The Morgan fingerprint density at radius 1 is 1.08 bits per heavy atom. The minimum Gasteiger partial charge on any atom is -0.365 e. The summed E-state index contributed by atoms with van der Waals surface area (Å²) < 4.78 is 5.72. The van der Waals surface area contributed by atoms with Gasteiger partial charge in [-0.05, 0) is 31.9 Å². The van der Waals surface area contributed by atoms with Crippen molar-refractivity contribution < 1.29 is 4.74 Å². The maximum absolute atomic E-state index is 5.72. The molecule has 0 aliphatic heterocycles. The van der Waals surface area contributed by atoms with Crippen LogP contribution in [0.1, 0.15) is 41.0 Å². The molecule has 0 aromatic carbocycles. The number of thioether (sulfide) groups is 1. The molecular formula is C10H22OS. The van der Waals surface area contributed by atoms with E-state index < -0.39 is 0 Å². The van der Waals surface area contributed by atoms with Gasteiger partial charge in [0.1, 0.15) is 0 Å². The van der Waals surface area contributed by atoms with Crippen molar-refractivity contribution >= 4 is 11.8 Å². The lowest BCUT2D eigenvalue weighted by atomic mass is 9.84. The standard InChI is InChI=1S/C10H22OS/c1-9(2,3)7-10(4,5)11-8-12-6/h7-8H2,1-6H3. The van der Waals surface area contributed by atoms with E-state index in [0.29, 0.717) is 5.41 Å². The molecule has 0 fully saturated rings. The third-order valence-electron chi connectivity index (χ3n) is 1.52. The van der Waals surface area contributed by atoms with Crippen LogP contribution in [0.5, 0.6) is 0 Å². The first kappa shape index (κ1) is 12.3. The van der Waals surface area contributed by atoms with E-state index in [2.05, 4.69) is 40.9 Å². The van der Waals surface area contributed by atoms with Crippen LogP contribution in [0.3, 0.4) is 0 Å². The van der Waals surface area contributed by atoms with Crippen LogP contribution < -0.4 is 0 Å². The van der Waals surface area contributed by atoms with Gasteiger partial charge in [-0.25, -0.2) is 0 Å². The Hall–Kier alpha value is 0.310. The molecule has 12 heavy (non-hydrogen) atoms. The Balaban J connectivity index is 3.86. The van der Waals surface area contributed by atoms with E-state index in [1.807, 2.05) is 0 Å². The molecule has 0 aromatic heterocycles. The Bertz CT molecular complexity index is 124. The SMILES string of the molecule is CSCOC(C)(C)CC(C)(C)C. The van der Waals surface area contributed by atoms with Crippen LogP contribution in [-0.2, 0) is 4.74 Å². The number of rotatable bonds is 4. The molecule has 0 aliphatic carbocycles. The van der Waals surface area contributed by atoms with E-state index in [9.17, 15) is 0 Å². The molecule has 0 rings (SSSR count). The van der Waals surface area contributed by atoms with Crippen LogP contribution in [0.25, 0.3) is 0 Å². The van der Waals surface area contributed by atoms with Crippen LogP contribution in [-0.4, -0.2) is 17.8 Å². The van der Waals surface area contributed by atoms with Crippen molar-refractivity contribution in [2.24, 2.45) is 5.41 Å². The molecule has 0 spiro atoms. The molecule has 0 bridgehead atoms. The predicted molar refractivity (Wildman–Crippen MR) is 57.6 cm³/mol. The van der Waals surface area contributed by atoms with Gasteiger partial charge in [0, 0.05) is 0 Å². The van der Waals surface area contributed by atoms with Gasteiger partial charge in [0.15, 0.2) is 0 Å². The van der Waals surface area contributed by atoms with Crippen molar-refractivity contribution in [2.45, 2.75) is 46.6 Å². The maximum Gasteiger partial charge on any atom is 0.0925 e. The zero-order chi connectivity index (χ0) is 9.83. The summed E-state index contributed by atoms with van der Waals surface area (Å²) in [6.07, 6.45) is 3.16. The highest BCUT2D eigenvalue weighted by atomic mass is 32.2. The monoisotopic (exact) mass is 190 g/mol. The van der Waals surface area contributed by atoms with Gasteiger partial charge < -0.3 is 4.74 Å². The topological polar surface area (TPSA) is 9.23 Å². The van der Waals surface area contributed by atoms with Gasteiger partial charge in [0.25, 0.3) is 0 Å². The molecule has 0 atom stereocenters. The fourth-order valence-corrected chi connectivity index (χ4v) is 1.98. The van der Waals surface area contributed by atoms with Crippen LogP contribution >= 0.6 is 11.8 Å². The number of ether oxygens (including phenoxy) is 1. The van der Waals surface area contributed by atoms with E-state index in [4.69, 9.17) is 4.74 Å². The van der Waals surface area contributed by atoms with Gasteiger partial charge in [-0.15, -0.1) is 11.8 Å². The summed E-state index contributed by atoms with van der Waals surface area (Å²) in [5.74, 6) is 0.795. The van der Waals surface area contributed by atoms with Crippen molar-refractivity contribution in [3.8, 4) is 0 Å². The van der Waals surface area contributed by atoms with Crippen LogP contribution in [0.2, 0.25) is 0 Å². The highest BCUT2D eigenvalue weighted by molar-refractivity contribution is 7.98. The molecule has 0 amide bonds. The molecule has 0 saturated carbocycles. The van der Waals surface area contributed by atoms with Crippen LogP contribution in [0.15, 0.2) is 0 Å². The fourth-order valence-electron chi connectivity index (χ4n) is 1.55. The van der Waals surface area contributed by atoms with E-state index >= 15 is 0 Å². The Labute approximate surface area is 81.3 Å². The molecule has 0 radical (unpaired) electrons. The van der Waals surface area contributed by atoms with Gasteiger partial charge in [-0.1, -0.05) is 20.8 Å². The molecule has 0 unspecified atom stereocenters. The lowest BCUT2D eigenvalue weighted by Crippen LogP contribution is -2.30. The van der Waals surface area contributed by atoms with E-state index in [1.165, 1.54) is 0 Å². The van der Waals surface area contributed by atoms with Crippen molar-refractivity contribution in [3.63, 3.8) is 0 Å². The zero-order valence-corrected chi connectivity index (χ0v) is 10.0. The summed E-state index contributed by atoms with van der Waals surface area (Å²) in [6.45, 7) is 11.1. The third-order valence-corrected chi connectivity index (χ3v) is 1.88. The van der Waals surface area contributed by atoms with E-state index in [0.717, 1.165) is 12.4 Å². The summed E-state index contributed by atoms with van der Waals surface area (Å²) >= 11 is 1.73. The van der Waals surface area contributed by atoms with Crippen LogP contribution in [0, 0.1) is 5.41 Å². The smallest absolute Gasteiger partial charge is 0.0925 e. The average Bonchev–Trinajstić information content (AvgIpc) is 1.78. The molecule has 0 N–H and O–H groups in total. The van der Waals surface area contributed by atoms with E-state index in [-0.39, 0.29) is 5.60 Å². The van der Waals surface area contributed by atoms with E-state index in [1.54, 1.807) is 11.8 Å². The summed E-state index contributed by atoms with van der Waals surface area (Å²) in [4.78, 5) is 0. The first-order valence-electron chi connectivity index (χ1n) is 4.40. The molecule has 74 valence electrons. The first-order valence-corrected chi connectivity index (χ1v) is 5.79. The second-order valence-electron chi connectivity index (χ2n) is 5.05. The fraction of sp³-hybridized carbons (Fsp3) is 1.00. The van der Waals surface area contributed by atoms with Gasteiger partial charge in [-0.3, -0.25) is 0 Å². The third kappa shape index (κ3) is 6.99. The second-order valence-corrected chi connectivity index (χ2v) is 5.86. The summed E-state index contributed by atoms with van der Waals surface area (Å²) in [6, 6.07) is 0. The summed E-state index contributed by atoms with van der Waals surface area (Å²) in [5, 5.41) is 0. The first-order chi connectivity index (χ1) is 5.27. The van der Waals surface area contributed by atoms with Crippen molar-refractivity contribution in [2.75, 3.05) is 12.2 Å². The number of hydrogen-bond acceptors (Lipinski definition) is 2. The molecule has 0 aromatic rings. The molecule has 0 aliphatic rings. The molecular weight excluding hydrogens is 168 g/mol. The average molecular weight is 190 g/mol. The predicted octanol–water partition coefficient (Wildman–Crippen LogP) is 3.54. The largest absolute Gasteiger partial charge is 0.365 e. The quantitative estimate of drug-likeness (QED) is 0.627. The lowest BCUT2D eigenvalue weighted by Gasteiger charge is -2.32. The van der Waals surface area contributed by atoms with Gasteiger partial charge in [0.05, 0.1) is 11.5 Å². The number of hydrogen-bond donors (Lipinski definition) is 0. The Morgan fingerprint density at radius 2 is 1.58 bits per heavy atom. The summed E-state index contributed by atoms with van der Waals surface area (Å²) in [5.41, 5.74) is 0.364. The maximum atomic E-state index is 5.72. The molecule has 2 heteroatoms. The van der Waals surface area contributed by atoms with Crippen molar-refractivity contribution in [1.29, 1.82) is 0 Å². The molecule has 0 saturated heterocycles. The highest BCUT2D eigenvalue weighted by Crippen LogP contribution is 2.29. The van der Waals surface area contributed by atoms with Gasteiger partial charge in [0.2, 0.25) is 0 Å². The molecule has 1 nitrogen and oxygen atoms in total. The Morgan fingerprint density at radius 3 is 1.92 bits per heavy atom. The Kier molecular flexibility index (Phi) is 4.64. The van der Waals surface area contributed by atoms with Crippen molar-refractivity contribution in [3.05, 3.63) is 0 Å². The minimum absolute atomic E-state index is 0.0151. The second kappa shape index (κ2) is 4.52. The normalized spacial score (nSPS) is 13.5. The highest BCUT2D eigenvalue weighted by Gasteiger charge is 2.25. The minimum atomic E-state index is 0.0151. The van der Waals surface area contributed by atoms with Gasteiger partial charge >= 0.3 is 0 Å². The molecule has 0 heterocycles. The van der Waals surface area contributed by atoms with Crippen molar-refractivity contribution in [1.82, 2.24) is 0 Å². The zero-order valence-electron chi connectivity index (χ0n) is 9.23. The van der Waals surface area contributed by atoms with Gasteiger partial charge in [-0.2, -0.15) is 0 Å². The van der Waals surface area contributed by atoms with Crippen LogP contribution in [0.4, 0.5) is 0 Å². The summed E-state index contributed by atoms with van der Waals surface area (Å²) in [7, 11) is 0.